The van der Waals surface area contributed by atoms with Gasteiger partial charge in [0.2, 0.25) is 5.82 Å². The van der Waals surface area contributed by atoms with E-state index < -0.39 is 58.8 Å². The summed E-state index contributed by atoms with van der Waals surface area (Å²) in [6.45, 7) is 8.10. The van der Waals surface area contributed by atoms with Crippen molar-refractivity contribution in [1.29, 1.82) is 0 Å². The van der Waals surface area contributed by atoms with E-state index in [2.05, 4.69) is 10.2 Å². The molecule has 0 spiro atoms. The summed E-state index contributed by atoms with van der Waals surface area (Å²) in [4.78, 5) is 26.8. The van der Waals surface area contributed by atoms with Gasteiger partial charge in [0.05, 0.1) is 30.3 Å². The smallest absolute Gasteiger partial charge is 0.433 e. The Labute approximate surface area is 273 Å². The highest BCUT2D eigenvalue weighted by atomic mass is 19.4. The third kappa shape index (κ3) is 7.44. The van der Waals surface area contributed by atoms with Crippen molar-refractivity contribution in [2.75, 3.05) is 20.3 Å². The van der Waals surface area contributed by atoms with Crippen LogP contribution in [0, 0.1) is 24.0 Å². The number of alkyl halides is 4. The molecule has 0 radical (unpaired) electrons. The van der Waals surface area contributed by atoms with Crippen LogP contribution in [0.1, 0.15) is 67.6 Å². The SMILES string of the molecule is Cc1c(CCOc2c(-c3cc(C(F)(F)F)n4ncc(CN(C)C(=O)OC(C)(C)C)c4c3)ccc(F)c2F)c(C(=O)C(C)(C)CF)nn1C. The highest BCUT2D eigenvalue weighted by Gasteiger charge is 2.36. The fraction of sp³-hybridized carbons (Fsp3) is 0.455. The molecule has 3 aromatic heterocycles. The Kier molecular flexibility index (Phi) is 9.94. The van der Waals surface area contributed by atoms with Gasteiger partial charge in [-0.05, 0) is 71.4 Å². The highest BCUT2D eigenvalue weighted by Crippen LogP contribution is 2.39. The molecule has 3 heterocycles. The lowest BCUT2D eigenvalue weighted by atomic mass is 9.86. The number of aryl methyl sites for hydroxylation is 1. The second-order valence-electron chi connectivity index (χ2n) is 13.1. The highest BCUT2D eigenvalue weighted by molar-refractivity contribution is 6.00. The van der Waals surface area contributed by atoms with Crippen molar-refractivity contribution in [3.8, 4) is 16.9 Å². The summed E-state index contributed by atoms with van der Waals surface area (Å²) in [7, 11) is 3.00. The predicted octanol–water partition coefficient (Wildman–Crippen LogP) is 7.51. The molecule has 4 rings (SSSR count). The van der Waals surface area contributed by atoms with Crippen molar-refractivity contribution in [3.05, 3.63) is 70.3 Å². The summed E-state index contributed by atoms with van der Waals surface area (Å²) in [6, 6.07) is 3.91. The summed E-state index contributed by atoms with van der Waals surface area (Å²) in [5.41, 5.74) is -2.59. The first-order valence-electron chi connectivity index (χ1n) is 14.9. The zero-order valence-electron chi connectivity index (χ0n) is 27.9. The number of ether oxygens (including phenoxy) is 2. The zero-order valence-corrected chi connectivity index (χ0v) is 27.9. The standard InChI is InChI=1S/C33H37F6N5O4/c1-18-21(27(41-43(18)8)29(45)32(5,6)17-34)11-12-47-28-22(9-10-23(35)26(28)36)19-13-24-20(16-42(7)30(46)48-31(2,3)4)15-40-44(24)25(14-19)33(37,38)39/h9-10,13-15H,11-12,16-17H2,1-8H3. The Balaban J connectivity index is 1.75. The van der Waals surface area contributed by atoms with Crippen molar-refractivity contribution in [3.63, 3.8) is 0 Å². The fourth-order valence-corrected chi connectivity index (χ4v) is 4.94. The number of pyridine rings is 1. The maximum Gasteiger partial charge on any atom is 0.433 e. The number of fused-ring (bicyclic) bond motifs is 1. The van der Waals surface area contributed by atoms with Crippen LogP contribution in [0.25, 0.3) is 16.6 Å². The minimum atomic E-state index is -4.91. The lowest BCUT2D eigenvalue weighted by Crippen LogP contribution is -2.33. The molecule has 48 heavy (non-hydrogen) atoms. The van der Waals surface area contributed by atoms with E-state index in [1.54, 1.807) is 34.7 Å². The van der Waals surface area contributed by atoms with Gasteiger partial charge < -0.3 is 14.4 Å². The normalized spacial score (nSPS) is 12.5. The molecule has 4 aromatic rings. The van der Waals surface area contributed by atoms with E-state index >= 15 is 4.39 Å². The summed E-state index contributed by atoms with van der Waals surface area (Å²) in [5.74, 6) is -3.94. The average Bonchev–Trinajstić information content (AvgIpc) is 3.52. The first kappa shape index (κ1) is 36.3. The average molecular weight is 682 g/mol. The van der Waals surface area contributed by atoms with Crippen LogP contribution < -0.4 is 4.74 Å². The van der Waals surface area contributed by atoms with E-state index in [9.17, 15) is 31.5 Å². The first-order chi connectivity index (χ1) is 22.2. The van der Waals surface area contributed by atoms with Gasteiger partial charge in [0.15, 0.2) is 17.3 Å². The lowest BCUT2D eigenvalue weighted by Gasteiger charge is -2.24. The number of halogens is 6. The number of benzene rings is 1. The molecule has 15 heteroatoms. The summed E-state index contributed by atoms with van der Waals surface area (Å²) < 4.78 is 99.5. The van der Waals surface area contributed by atoms with Crippen molar-refractivity contribution in [2.24, 2.45) is 12.5 Å². The number of amides is 1. The number of hydrogen-bond donors (Lipinski definition) is 0. The Bertz CT molecular complexity index is 1860. The molecule has 0 saturated carbocycles. The maximum atomic E-state index is 15.3. The summed E-state index contributed by atoms with van der Waals surface area (Å²) in [5, 5.41) is 8.12. The molecule has 1 amide bonds. The van der Waals surface area contributed by atoms with Gasteiger partial charge in [0.1, 0.15) is 23.7 Å². The van der Waals surface area contributed by atoms with Gasteiger partial charge in [0, 0.05) is 42.9 Å². The fourth-order valence-electron chi connectivity index (χ4n) is 4.94. The van der Waals surface area contributed by atoms with Crippen LogP contribution in [-0.4, -0.2) is 62.1 Å². The van der Waals surface area contributed by atoms with Crippen molar-refractivity contribution >= 4 is 17.4 Å². The third-order valence-electron chi connectivity index (χ3n) is 7.68. The Morgan fingerprint density at radius 1 is 1.04 bits per heavy atom. The molecule has 0 unspecified atom stereocenters. The van der Waals surface area contributed by atoms with E-state index in [0.29, 0.717) is 15.8 Å². The summed E-state index contributed by atoms with van der Waals surface area (Å²) >= 11 is 0. The minimum Gasteiger partial charge on any atom is -0.489 e. The van der Waals surface area contributed by atoms with Crippen LogP contribution in [0.3, 0.4) is 0 Å². The van der Waals surface area contributed by atoms with Gasteiger partial charge in [0.25, 0.3) is 0 Å². The number of carbonyl (C=O) groups is 2. The Morgan fingerprint density at radius 3 is 2.31 bits per heavy atom. The van der Waals surface area contributed by atoms with Crippen molar-refractivity contribution in [1.82, 2.24) is 24.3 Å². The number of hydrogen-bond acceptors (Lipinski definition) is 6. The number of ketones is 1. The molecule has 0 aliphatic carbocycles. The van der Waals surface area contributed by atoms with Crippen LogP contribution in [0.4, 0.5) is 31.1 Å². The van der Waals surface area contributed by atoms with Gasteiger partial charge in [-0.1, -0.05) is 0 Å². The van der Waals surface area contributed by atoms with E-state index in [-0.39, 0.29) is 47.5 Å². The van der Waals surface area contributed by atoms with E-state index in [0.717, 1.165) is 18.2 Å². The molecule has 0 saturated heterocycles. The van der Waals surface area contributed by atoms with Crippen molar-refractivity contribution in [2.45, 2.75) is 66.3 Å². The van der Waals surface area contributed by atoms with Gasteiger partial charge in [-0.2, -0.15) is 27.8 Å². The monoisotopic (exact) mass is 681 g/mol. The molecule has 9 nitrogen and oxygen atoms in total. The number of nitrogens with zero attached hydrogens (tertiary/aromatic N) is 5. The van der Waals surface area contributed by atoms with E-state index in [1.807, 2.05) is 0 Å². The van der Waals surface area contributed by atoms with Crippen molar-refractivity contribution < 1.29 is 45.4 Å². The molecular formula is C33H37F6N5O4. The summed E-state index contributed by atoms with van der Waals surface area (Å²) in [6.07, 6.45) is -4.48. The molecule has 1 aromatic carbocycles. The van der Waals surface area contributed by atoms with Crippen LogP contribution >= 0.6 is 0 Å². The second-order valence-corrected chi connectivity index (χ2v) is 13.1. The third-order valence-corrected chi connectivity index (χ3v) is 7.68. The zero-order chi connectivity index (χ0) is 35.9. The van der Waals surface area contributed by atoms with Crippen LogP contribution in [0.5, 0.6) is 5.75 Å². The predicted molar refractivity (Wildman–Crippen MR) is 164 cm³/mol. The van der Waals surface area contributed by atoms with Gasteiger partial charge in [-0.3, -0.25) is 13.9 Å². The molecule has 0 N–H and O–H groups in total. The lowest BCUT2D eigenvalue weighted by molar-refractivity contribution is -0.142. The number of Topliss-reactive ketones (excluding diaryl/α,β-unsaturated/α-hetero) is 1. The molecule has 0 atom stereocenters. The molecular weight excluding hydrogens is 644 g/mol. The largest absolute Gasteiger partial charge is 0.489 e. The van der Waals surface area contributed by atoms with E-state index in [1.165, 1.54) is 42.7 Å². The molecule has 260 valence electrons. The van der Waals surface area contributed by atoms with Crippen LogP contribution in [0.2, 0.25) is 0 Å². The minimum absolute atomic E-state index is 0.00562. The van der Waals surface area contributed by atoms with Gasteiger partial charge >= 0.3 is 12.3 Å². The Morgan fingerprint density at radius 2 is 1.71 bits per heavy atom. The number of aromatic nitrogens is 4. The number of carbonyl (C=O) groups excluding carboxylic acids is 2. The van der Waals surface area contributed by atoms with Crippen LogP contribution in [0.15, 0.2) is 30.5 Å². The quantitative estimate of drug-likeness (QED) is 0.127. The van der Waals surface area contributed by atoms with E-state index in [4.69, 9.17) is 9.47 Å². The second kappa shape index (κ2) is 13.2. The van der Waals surface area contributed by atoms with Crippen LogP contribution in [-0.2, 0) is 30.9 Å². The topological polar surface area (TPSA) is 91.0 Å². The van der Waals surface area contributed by atoms with Gasteiger partial charge in [-0.25, -0.2) is 13.7 Å². The van der Waals surface area contributed by atoms with Gasteiger partial charge in [-0.15, -0.1) is 0 Å². The molecule has 0 aliphatic heterocycles. The molecule has 0 bridgehead atoms. The maximum absolute atomic E-state index is 15.3. The first-order valence-corrected chi connectivity index (χ1v) is 14.9. The Hall–Kier alpha value is -4.56. The number of rotatable bonds is 10. The molecule has 0 aliphatic rings. The molecule has 0 fully saturated rings.